The average molecular weight is 566 g/mol. The van der Waals surface area contributed by atoms with Gasteiger partial charge in [-0.05, 0) is 74.8 Å². The molecule has 5 rings (SSSR count). The number of aliphatic carboxylic acids is 1. The Hall–Kier alpha value is -2.78. The van der Waals surface area contributed by atoms with Crippen LogP contribution in [0.2, 0.25) is 5.02 Å². The van der Waals surface area contributed by atoms with Crippen LogP contribution >= 0.6 is 11.6 Å². The van der Waals surface area contributed by atoms with E-state index >= 15 is 0 Å². The molecule has 1 amide bonds. The van der Waals surface area contributed by atoms with Crippen molar-refractivity contribution >= 4 is 23.5 Å². The van der Waals surface area contributed by atoms with Crippen molar-refractivity contribution in [2.24, 2.45) is 11.8 Å². The van der Waals surface area contributed by atoms with Crippen LogP contribution in [0.15, 0.2) is 42.5 Å². The van der Waals surface area contributed by atoms with E-state index in [0.29, 0.717) is 55.7 Å². The Morgan fingerprint density at radius 3 is 2.33 bits per heavy atom. The monoisotopic (exact) mass is 565 g/mol. The molecule has 2 aromatic carbocycles. The van der Waals surface area contributed by atoms with Gasteiger partial charge in [-0.25, -0.2) is 0 Å². The van der Waals surface area contributed by atoms with E-state index in [2.05, 4.69) is 0 Å². The molecule has 2 heterocycles. The van der Waals surface area contributed by atoms with Gasteiger partial charge in [0.2, 0.25) is 5.91 Å². The predicted molar refractivity (Wildman–Crippen MR) is 138 cm³/mol. The number of halogens is 4. The summed E-state index contributed by atoms with van der Waals surface area (Å²) in [5.41, 5.74) is -2.29. The van der Waals surface area contributed by atoms with Crippen molar-refractivity contribution in [3.8, 4) is 5.75 Å². The van der Waals surface area contributed by atoms with E-state index in [9.17, 15) is 33.0 Å². The Labute approximate surface area is 229 Å². The van der Waals surface area contributed by atoms with Crippen LogP contribution in [0.25, 0.3) is 0 Å². The highest BCUT2D eigenvalue weighted by Gasteiger charge is 2.56. The van der Waals surface area contributed by atoms with Crippen molar-refractivity contribution in [1.29, 1.82) is 0 Å². The molecule has 1 saturated carbocycles. The zero-order valence-corrected chi connectivity index (χ0v) is 22.3. The molecule has 0 aromatic heterocycles. The second-order valence-electron chi connectivity index (χ2n) is 11.2. The van der Waals surface area contributed by atoms with Crippen LogP contribution in [0.5, 0.6) is 5.75 Å². The number of likely N-dealkylation sites (tertiary alicyclic amines) is 1. The summed E-state index contributed by atoms with van der Waals surface area (Å²) < 4.78 is 46.7. The molecular weight excluding hydrogens is 535 g/mol. The minimum atomic E-state index is -4.87. The summed E-state index contributed by atoms with van der Waals surface area (Å²) in [5.74, 6) is -1.27. The van der Waals surface area contributed by atoms with Gasteiger partial charge in [-0.3, -0.25) is 9.59 Å². The first-order chi connectivity index (χ1) is 18.3. The molecule has 0 radical (unpaired) electrons. The van der Waals surface area contributed by atoms with E-state index in [1.165, 1.54) is 12.1 Å². The van der Waals surface area contributed by atoms with Gasteiger partial charge in [-0.15, -0.1) is 0 Å². The largest absolute Gasteiger partial charge is 0.491 e. The summed E-state index contributed by atoms with van der Waals surface area (Å²) >= 11 is 6.10. The van der Waals surface area contributed by atoms with Crippen LogP contribution in [0.1, 0.15) is 55.7 Å². The van der Waals surface area contributed by atoms with Crippen molar-refractivity contribution in [2.45, 2.75) is 68.7 Å². The molecule has 2 aliphatic heterocycles. The maximum Gasteiger partial charge on any atom is 0.421 e. The molecule has 1 aliphatic carbocycles. The third-order valence-corrected chi connectivity index (χ3v) is 9.24. The fraction of sp³-hybridized carbons (Fsp3) is 0.517. The second-order valence-corrected chi connectivity index (χ2v) is 11.7. The third kappa shape index (κ3) is 4.88. The van der Waals surface area contributed by atoms with Crippen molar-refractivity contribution in [1.82, 2.24) is 4.90 Å². The Bertz CT molecular complexity index is 1260. The lowest BCUT2D eigenvalue weighted by Crippen LogP contribution is -2.53. The minimum Gasteiger partial charge on any atom is -0.491 e. The topological polar surface area (TPSA) is 87.1 Å². The number of fused-ring (bicyclic) bond motifs is 3. The van der Waals surface area contributed by atoms with Crippen LogP contribution in [-0.4, -0.2) is 52.4 Å². The first-order valence-corrected chi connectivity index (χ1v) is 13.6. The predicted octanol–water partition coefficient (Wildman–Crippen LogP) is 5.47. The molecule has 1 saturated heterocycles. The summed E-state index contributed by atoms with van der Waals surface area (Å²) in [4.78, 5) is 26.9. The zero-order chi connectivity index (χ0) is 28.2. The fourth-order valence-corrected chi connectivity index (χ4v) is 6.67. The maximum absolute atomic E-state index is 13.7. The number of ether oxygens (including phenoxy) is 1. The number of benzene rings is 2. The normalized spacial score (nSPS) is 28.2. The fourth-order valence-electron chi connectivity index (χ4n) is 6.55. The molecule has 6 nitrogen and oxygen atoms in total. The maximum atomic E-state index is 13.7. The van der Waals surface area contributed by atoms with E-state index < -0.39 is 29.1 Å². The molecule has 2 fully saturated rings. The number of alkyl halides is 3. The van der Waals surface area contributed by atoms with Gasteiger partial charge in [-0.1, -0.05) is 35.9 Å². The van der Waals surface area contributed by atoms with Gasteiger partial charge in [0.1, 0.15) is 12.4 Å². The van der Waals surface area contributed by atoms with Gasteiger partial charge in [0.25, 0.3) is 0 Å². The minimum absolute atomic E-state index is 0.0227. The van der Waals surface area contributed by atoms with E-state index in [4.69, 9.17) is 16.3 Å². The Morgan fingerprint density at radius 2 is 1.72 bits per heavy atom. The van der Waals surface area contributed by atoms with Gasteiger partial charge in [0.05, 0.1) is 12.0 Å². The highest BCUT2D eigenvalue weighted by atomic mass is 35.5. The van der Waals surface area contributed by atoms with E-state index in [-0.39, 0.29) is 35.8 Å². The molecule has 3 atom stereocenters. The number of carbonyl (C=O) groups is 2. The quantitative estimate of drug-likeness (QED) is 0.502. The molecule has 0 bridgehead atoms. The molecule has 210 valence electrons. The molecule has 3 aliphatic rings. The highest BCUT2D eigenvalue weighted by molar-refractivity contribution is 6.30. The van der Waals surface area contributed by atoms with E-state index in [0.717, 1.165) is 12.5 Å². The number of hydrogen-bond acceptors (Lipinski definition) is 4. The van der Waals surface area contributed by atoms with Gasteiger partial charge in [-0.2, -0.15) is 13.2 Å². The Kier molecular flexibility index (Phi) is 7.12. The third-order valence-electron chi connectivity index (χ3n) is 8.98. The molecule has 2 aromatic rings. The number of carboxylic acids is 1. The summed E-state index contributed by atoms with van der Waals surface area (Å²) in [5, 5.41) is 20.2. The summed E-state index contributed by atoms with van der Waals surface area (Å²) in [6, 6.07) is 11.2. The first-order valence-electron chi connectivity index (χ1n) is 13.2. The number of amides is 1. The van der Waals surface area contributed by atoms with Crippen LogP contribution in [-0.2, 0) is 27.0 Å². The molecule has 39 heavy (non-hydrogen) atoms. The van der Waals surface area contributed by atoms with Crippen LogP contribution in [0.3, 0.4) is 0 Å². The number of hydrogen-bond donors (Lipinski definition) is 2. The highest BCUT2D eigenvalue weighted by Crippen LogP contribution is 2.51. The lowest BCUT2D eigenvalue weighted by molar-refractivity contribution is -0.258. The second kappa shape index (κ2) is 10.0. The smallest absolute Gasteiger partial charge is 0.421 e. The van der Waals surface area contributed by atoms with Crippen molar-refractivity contribution in [2.75, 3.05) is 13.2 Å². The summed E-state index contributed by atoms with van der Waals surface area (Å²) in [6.45, 7) is 1.29. The van der Waals surface area contributed by atoms with Gasteiger partial charge in [0.15, 0.2) is 5.60 Å². The van der Waals surface area contributed by atoms with Crippen LogP contribution in [0, 0.1) is 11.8 Å². The summed E-state index contributed by atoms with van der Waals surface area (Å²) in [7, 11) is 0. The van der Waals surface area contributed by atoms with Crippen molar-refractivity contribution in [3.05, 3.63) is 64.2 Å². The van der Waals surface area contributed by atoms with Crippen molar-refractivity contribution in [3.63, 3.8) is 0 Å². The van der Waals surface area contributed by atoms with Gasteiger partial charge >= 0.3 is 12.1 Å². The zero-order valence-electron chi connectivity index (χ0n) is 21.5. The number of rotatable bonds is 5. The standard InChI is InChI=1S/C29H31ClF3NO5/c1-27(38,29(31,32)33)20-8-11-22-23(14-20)39-16-24-28(22,15-17-2-9-21(30)10-3-17)12-13-34(24)25(35)18-4-6-19(7-5-18)26(36)37/h2-3,8-11,14,18-19,24,38H,4-7,12-13,15-16H2,1H3,(H,36,37)/t18-,19-,24?,27?,28?. The van der Waals surface area contributed by atoms with E-state index in [1.54, 1.807) is 18.2 Å². The SMILES string of the molecule is CC(O)(c1ccc2c(c1)OCC1N(C(=O)[C@H]3CC[C@H](C(=O)O)CC3)CCC21Cc1ccc(Cl)cc1)C(F)(F)F. The Balaban J connectivity index is 1.49. The van der Waals surface area contributed by atoms with E-state index in [1.807, 2.05) is 17.0 Å². The molecule has 2 N–H and O–H groups in total. The number of carboxylic acid groups (broad SMARTS) is 1. The number of carbonyl (C=O) groups excluding carboxylic acids is 1. The van der Waals surface area contributed by atoms with Gasteiger partial charge in [0, 0.05) is 28.5 Å². The van der Waals surface area contributed by atoms with Crippen LogP contribution < -0.4 is 4.74 Å². The lowest BCUT2D eigenvalue weighted by Gasteiger charge is -2.44. The molecule has 3 unspecified atom stereocenters. The Morgan fingerprint density at radius 1 is 1.08 bits per heavy atom. The van der Waals surface area contributed by atoms with Crippen LogP contribution in [0.4, 0.5) is 13.2 Å². The van der Waals surface area contributed by atoms with Gasteiger partial charge < -0.3 is 19.8 Å². The molecule has 10 heteroatoms. The first kappa shape index (κ1) is 27.8. The number of nitrogens with zero attached hydrogens (tertiary/aromatic N) is 1. The molecular formula is C29H31ClF3NO5. The average Bonchev–Trinajstić information content (AvgIpc) is 3.28. The summed E-state index contributed by atoms with van der Waals surface area (Å²) in [6.07, 6.45) is -1.82. The number of aliphatic hydroxyl groups is 1. The molecule has 0 spiro atoms. The van der Waals surface area contributed by atoms with Crippen molar-refractivity contribution < 1.29 is 37.7 Å². The lowest BCUT2D eigenvalue weighted by atomic mass is 9.68.